The van der Waals surface area contributed by atoms with E-state index in [9.17, 15) is 9.59 Å². The van der Waals surface area contributed by atoms with Gasteiger partial charge in [-0.15, -0.1) is 0 Å². The van der Waals surface area contributed by atoms with E-state index in [0.717, 1.165) is 42.8 Å². The fraction of sp³-hybridized carbons (Fsp3) is 0.538. The van der Waals surface area contributed by atoms with Gasteiger partial charge in [-0.25, -0.2) is 9.59 Å². The molecule has 0 spiro atoms. The van der Waals surface area contributed by atoms with Gasteiger partial charge < -0.3 is 29.4 Å². The molecule has 34 heavy (non-hydrogen) atoms. The number of carbonyl (C=O) groups is 2. The van der Waals surface area contributed by atoms with Crippen molar-refractivity contribution in [3.8, 4) is 0 Å². The molecule has 1 fully saturated rings. The molecule has 0 saturated carbocycles. The highest BCUT2D eigenvalue weighted by Crippen LogP contribution is 2.25. The molecule has 2 unspecified atom stereocenters. The second-order valence-electron chi connectivity index (χ2n) is 8.61. The first-order valence-corrected chi connectivity index (χ1v) is 12.2. The molecule has 8 heteroatoms. The molecule has 1 aliphatic rings. The molecule has 2 heterocycles. The Morgan fingerprint density at radius 2 is 1.94 bits per heavy atom. The summed E-state index contributed by atoms with van der Waals surface area (Å²) in [6.45, 7) is 6.10. The van der Waals surface area contributed by atoms with Crippen LogP contribution in [-0.2, 0) is 27.2 Å². The first-order chi connectivity index (χ1) is 16.5. The number of aryl methyl sites for hydroxylation is 1. The summed E-state index contributed by atoms with van der Waals surface area (Å²) in [5.41, 5.74) is 2.44. The molecule has 0 bridgehead atoms. The first kappa shape index (κ1) is 25.6. The van der Waals surface area contributed by atoms with Crippen LogP contribution in [-0.4, -0.2) is 56.0 Å². The molecule has 186 valence electrons. The lowest BCUT2D eigenvalue weighted by Crippen LogP contribution is -2.55. The van der Waals surface area contributed by atoms with Gasteiger partial charge in [-0.05, 0) is 30.9 Å². The average molecular weight is 472 g/mol. The highest BCUT2D eigenvalue weighted by molar-refractivity contribution is 5.92. The number of piperidine rings is 1. The van der Waals surface area contributed by atoms with Crippen molar-refractivity contribution in [1.82, 2.24) is 10.3 Å². The minimum atomic E-state index is -0.452. The number of aromatic amines is 1. The minimum Gasteiger partial charge on any atom is -0.462 e. The van der Waals surface area contributed by atoms with E-state index in [0.29, 0.717) is 31.7 Å². The Balaban J connectivity index is 1.59. The third-order valence-corrected chi connectivity index (χ3v) is 6.05. The summed E-state index contributed by atoms with van der Waals surface area (Å²) in [7, 11) is 1.64. The van der Waals surface area contributed by atoms with Gasteiger partial charge in [0.25, 0.3) is 0 Å². The zero-order valence-corrected chi connectivity index (χ0v) is 20.5. The van der Waals surface area contributed by atoms with Crippen molar-refractivity contribution in [2.45, 2.75) is 64.7 Å². The number of aromatic nitrogens is 1. The third kappa shape index (κ3) is 7.00. The van der Waals surface area contributed by atoms with Crippen molar-refractivity contribution < 1.29 is 23.8 Å². The molecule has 0 radical (unpaired) electrons. The maximum atomic E-state index is 12.6. The van der Waals surface area contributed by atoms with E-state index >= 15 is 0 Å². The number of nitrogens with one attached hydrogen (secondary N) is 2. The van der Waals surface area contributed by atoms with E-state index in [-0.39, 0.29) is 24.7 Å². The zero-order chi connectivity index (χ0) is 24.3. The molecule has 8 nitrogen and oxygen atoms in total. The molecule has 1 amide bonds. The van der Waals surface area contributed by atoms with Crippen LogP contribution in [0.4, 0.5) is 10.6 Å². The van der Waals surface area contributed by atoms with Crippen molar-refractivity contribution in [3.05, 3.63) is 53.2 Å². The molecule has 0 aliphatic carbocycles. The Bertz CT molecular complexity index is 914. The van der Waals surface area contributed by atoms with Crippen LogP contribution < -0.4 is 10.2 Å². The molecule has 1 saturated heterocycles. The number of esters is 1. The van der Waals surface area contributed by atoms with Crippen LogP contribution in [0.15, 0.2) is 36.4 Å². The van der Waals surface area contributed by atoms with Gasteiger partial charge in [-0.1, -0.05) is 57.0 Å². The number of H-pyrrole nitrogens is 1. The molecule has 1 aromatic heterocycles. The maximum absolute atomic E-state index is 12.6. The topological polar surface area (TPSA) is 92.9 Å². The highest BCUT2D eigenvalue weighted by Gasteiger charge is 2.32. The number of rotatable bonds is 11. The Labute approximate surface area is 202 Å². The average Bonchev–Trinajstić information content (AvgIpc) is 3.28. The van der Waals surface area contributed by atoms with Crippen molar-refractivity contribution in [1.29, 1.82) is 0 Å². The van der Waals surface area contributed by atoms with Crippen LogP contribution in [0.2, 0.25) is 0 Å². The lowest BCUT2D eigenvalue weighted by Gasteiger charge is -2.38. The smallest absolute Gasteiger partial charge is 0.407 e. The fourth-order valence-corrected chi connectivity index (χ4v) is 4.12. The first-order valence-electron chi connectivity index (χ1n) is 12.2. The quantitative estimate of drug-likeness (QED) is 0.372. The number of hydrogen-bond donors (Lipinski definition) is 2. The summed E-state index contributed by atoms with van der Waals surface area (Å²) in [5, 5.41) is 2.95. The Hall–Kier alpha value is -3.00. The molecule has 2 atom stereocenters. The van der Waals surface area contributed by atoms with Gasteiger partial charge in [0, 0.05) is 25.9 Å². The molecule has 1 aliphatic heterocycles. The summed E-state index contributed by atoms with van der Waals surface area (Å²) < 4.78 is 16.5. The highest BCUT2D eigenvalue weighted by atomic mass is 16.5. The summed E-state index contributed by atoms with van der Waals surface area (Å²) in [6.07, 6.45) is 3.56. The largest absolute Gasteiger partial charge is 0.462 e. The number of anilines is 1. The maximum Gasteiger partial charge on any atom is 0.407 e. The van der Waals surface area contributed by atoms with Crippen LogP contribution in [0.3, 0.4) is 0 Å². The fourth-order valence-electron chi connectivity index (χ4n) is 4.12. The number of alkyl carbamates (subject to hydrolysis) is 1. The number of benzene rings is 1. The van der Waals surface area contributed by atoms with Gasteiger partial charge in [-0.2, -0.15) is 0 Å². The summed E-state index contributed by atoms with van der Waals surface area (Å²) in [5.74, 6) is 0.596. The van der Waals surface area contributed by atoms with Crippen LogP contribution in [0.25, 0.3) is 0 Å². The van der Waals surface area contributed by atoms with E-state index in [2.05, 4.69) is 29.0 Å². The molecule has 2 aromatic rings. The Morgan fingerprint density at radius 3 is 2.65 bits per heavy atom. The second-order valence-corrected chi connectivity index (χ2v) is 8.61. The number of carbonyl (C=O) groups excluding carboxylic acids is 2. The van der Waals surface area contributed by atoms with Crippen molar-refractivity contribution in [3.63, 3.8) is 0 Å². The summed E-state index contributed by atoms with van der Waals surface area (Å²) in [4.78, 5) is 30.5. The zero-order valence-electron chi connectivity index (χ0n) is 20.5. The lowest BCUT2D eigenvalue weighted by atomic mass is 10.0. The number of amides is 1. The van der Waals surface area contributed by atoms with Crippen LogP contribution in [0, 0.1) is 0 Å². The second kappa shape index (κ2) is 13.0. The van der Waals surface area contributed by atoms with Gasteiger partial charge in [0.1, 0.15) is 12.4 Å². The Morgan fingerprint density at radius 1 is 1.15 bits per heavy atom. The summed E-state index contributed by atoms with van der Waals surface area (Å²) >= 11 is 0. The number of hydrogen-bond acceptors (Lipinski definition) is 6. The monoisotopic (exact) mass is 471 g/mol. The predicted octanol–water partition coefficient (Wildman–Crippen LogP) is 4.44. The predicted molar refractivity (Wildman–Crippen MR) is 131 cm³/mol. The van der Waals surface area contributed by atoms with E-state index in [1.807, 2.05) is 36.4 Å². The van der Waals surface area contributed by atoms with Crippen LogP contribution in [0.5, 0.6) is 0 Å². The van der Waals surface area contributed by atoms with Crippen LogP contribution in [0.1, 0.15) is 61.1 Å². The molecule has 1 aromatic carbocycles. The van der Waals surface area contributed by atoms with Gasteiger partial charge in [0.2, 0.25) is 0 Å². The van der Waals surface area contributed by atoms with Gasteiger partial charge in [-0.3, -0.25) is 0 Å². The van der Waals surface area contributed by atoms with Crippen LogP contribution >= 0.6 is 0 Å². The van der Waals surface area contributed by atoms with Crippen molar-refractivity contribution >= 4 is 17.9 Å². The molecular formula is C26H37N3O5. The molecule has 2 N–H and O–H groups in total. The summed E-state index contributed by atoms with van der Waals surface area (Å²) in [6, 6.07) is 11.3. The standard InChI is InChI=1S/C26H37N3O5/c1-4-6-15-33-25(30)20-16-24(27-21(20)10-5-2)29-14-13-22(23(17-29)32-3)28-26(31)34-18-19-11-8-7-9-12-19/h7-9,11-12,16,22-23,27H,4-6,10,13-15,17-18H2,1-3H3,(H,28,31). The number of methoxy groups -OCH3 is 1. The molecular weight excluding hydrogens is 434 g/mol. The SMILES string of the molecule is CCCCOC(=O)c1cc(N2CCC(NC(=O)OCc3ccccc3)C(OC)C2)[nH]c1CCC. The van der Waals surface area contributed by atoms with Gasteiger partial charge in [0.15, 0.2) is 0 Å². The van der Waals surface area contributed by atoms with Gasteiger partial charge >= 0.3 is 12.1 Å². The van der Waals surface area contributed by atoms with E-state index in [1.165, 1.54) is 0 Å². The van der Waals surface area contributed by atoms with E-state index < -0.39 is 6.09 Å². The normalized spacial score (nSPS) is 17.9. The van der Waals surface area contributed by atoms with E-state index in [4.69, 9.17) is 14.2 Å². The minimum absolute atomic E-state index is 0.159. The number of unbranched alkanes of at least 4 members (excludes halogenated alkanes) is 1. The lowest BCUT2D eigenvalue weighted by molar-refractivity contribution is 0.0498. The molecule has 3 rings (SSSR count). The van der Waals surface area contributed by atoms with Crippen molar-refractivity contribution in [2.24, 2.45) is 0 Å². The number of nitrogens with zero attached hydrogens (tertiary/aromatic N) is 1. The van der Waals surface area contributed by atoms with Crippen molar-refractivity contribution in [2.75, 3.05) is 31.7 Å². The van der Waals surface area contributed by atoms with E-state index in [1.54, 1.807) is 7.11 Å². The third-order valence-electron chi connectivity index (χ3n) is 6.05. The van der Waals surface area contributed by atoms with Gasteiger partial charge in [0.05, 0.1) is 24.3 Å². The Kier molecular flexibility index (Phi) is 9.82. The number of ether oxygens (including phenoxy) is 3.